The van der Waals surface area contributed by atoms with Gasteiger partial charge in [0.15, 0.2) is 0 Å². The molecule has 1 saturated carbocycles. The molecular formula is C40H51N5O7S. The van der Waals surface area contributed by atoms with E-state index in [0.29, 0.717) is 29.7 Å². The van der Waals surface area contributed by atoms with Crippen molar-refractivity contribution in [2.75, 3.05) is 52.4 Å². The number of hydrogen-bond acceptors (Lipinski definition) is 10. The van der Waals surface area contributed by atoms with Gasteiger partial charge in [-0.25, -0.2) is 8.42 Å². The van der Waals surface area contributed by atoms with Crippen molar-refractivity contribution in [2.24, 2.45) is 0 Å². The van der Waals surface area contributed by atoms with E-state index in [9.17, 15) is 28.2 Å². The molecule has 2 fully saturated rings. The summed E-state index contributed by atoms with van der Waals surface area (Å²) in [4.78, 5) is 32.1. The minimum atomic E-state index is -3.75. The maximum Gasteiger partial charge on any atom is 0.248 e. The number of H-pyrrole nitrogens is 1. The number of hydrogen-bond donors (Lipinski definition) is 5. The first-order valence-electron chi connectivity index (χ1n) is 18.7. The number of aliphatic hydroxyl groups is 1. The summed E-state index contributed by atoms with van der Waals surface area (Å²) in [5, 5.41) is 27.0. The Morgan fingerprint density at radius 2 is 1.72 bits per heavy atom. The minimum absolute atomic E-state index is 0.0259. The lowest BCUT2D eigenvalue weighted by Crippen LogP contribution is -2.51. The van der Waals surface area contributed by atoms with Gasteiger partial charge in [-0.05, 0) is 79.8 Å². The molecule has 1 saturated heterocycles. The van der Waals surface area contributed by atoms with Crippen molar-refractivity contribution >= 4 is 26.6 Å². The van der Waals surface area contributed by atoms with Gasteiger partial charge < -0.3 is 30.6 Å². The highest BCUT2D eigenvalue weighted by Gasteiger charge is 2.28. The fourth-order valence-electron chi connectivity index (χ4n) is 7.47. The zero-order chi connectivity index (χ0) is 37.4. The molecule has 0 spiro atoms. The largest absolute Gasteiger partial charge is 0.506 e. The van der Waals surface area contributed by atoms with Crippen LogP contribution in [0, 0.1) is 0 Å². The average Bonchev–Trinajstić information content (AvgIpc) is 3.18. The second-order valence-corrected chi connectivity index (χ2v) is 16.0. The number of fused-ring (bicyclic) bond motifs is 1. The Kier molecular flexibility index (Phi) is 12.8. The molecule has 2 atom stereocenters. The molecule has 284 valence electrons. The Labute approximate surface area is 311 Å². The molecular weight excluding hydrogens is 695 g/mol. The van der Waals surface area contributed by atoms with Crippen molar-refractivity contribution < 1.29 is 28.2 Å². The fraction of sp³-hybridized carbons (Fsp3) is 0.450. The Morgan fingerprint density at radius 3 is 2.47 bits per heavy atom. The quantitative estimate of drug-likeness (QED) is 0.111. The molecule has 12 nitrogen and oxygen atoms in total. The van der Waals surface area contributed by atoms with E-state index in [1.54, 1.807) is 36.4 Å². The van der Waals surface area contributed by atoms with E-state index in [-0.39, 0.29) is 58.3 Å². The lowest BCUT2D eigenvalue weighted by Gasteiger charge is -2.42. The number of sulfone groups is 1. The highest BCUT2D eigenvalue weighted by Crippen LogP contribution is 2.30. The van der Waals surface area contributed by atoms with E-state index in [1.165, 1.54) is 56.4 Å². The molecule has 2 heterocycles. The highest BCUT2D eigenvalue weighted by atomic mass is 32.2. The minimum Gasteiger partial charge on any atom is -0.506 e. The van der Waals surface area contributed by atoms with Crippen LogP contribution < -0.4 is 20.9 Å². The molecule has 4 aromatic rings. The zero-order valence-corrected chi connectivity index (χ0v) is 31.1. The van der Waals surface area contributed by atoms with Crippen molar-refractivity contribution in [1.29, 1.82) is 0 Å². The van der Waals surface area contributed by atoms with E-state index in [4.69, 9.17) is 4.74 Å². The molecule has 0 bridgehead atoms. The number of nitrogens with one attached hydrogen (secondary N) is 3. The lowest BCUT2D eigenvalue weighted by molar-refractivity contribution is -0.120. The summed E-state index contributed by atoms with van der Waals surface area (Å²) >= 11 is 0. The van der Waals surface area contributed by atoms with Crippen LogP contribution in [-0.4, -0.2) is 97.8 Å². The normalized spacial score (nSPS) is 17.4. The maximum absolute atomic E-state index is 13.5. The van der Waals surface area contributed by atoms with Gasteiger partial charge in [0.25, 0.3) is 0 Å². The predicted molar refractivity (Wildman–Crippen MR) is 204 cm³/mol. The summed E-state index contributed by atoms with van der Waals surface area (Å²) in [6.45, 7) is 7.09. The number of ether oxygens (including phenoxy) is 1. The molecule has 2 aliphatic rings. The van der Waals surface area contributed by atoms with Crippen LogP contribution in [0.1, 0.15) is 68.7 Å². The number of carbonyl (C=O) groups excluding carboxylic acids is 1. The Hall–Kier alpha value is -4.27. The van der Waals surface area contributed by atoms with E-state index in [0.717, 1.165) is 37.8 Å². The third-order valence-electron chi connectivity index (χ3n) is 10.6. The van der Waals surface area contributed by atoms with Crippen molar-refractivity contribution in [3.8, 4) is 11.5 Å². The second-order valence-electron chi connectivity index (χ2n) is 14.1. The molecule has 1 aliphatic carbocycles. The lowest BCUT2D eigenvalue weighted by atomic mass is 9.93. The summed E-state index contributed by atoms with van der Waals surface area (Å²) in [5.41, 5.74) is 1.49. The molecule has 1 aromatic heterocycles. The number of nitrogens with zero attached hydrogens (tertiary/aromatic N) is 2. The van der Waals surface area contributed by atoms with Crippen molar-refractivity contribution in [3.05, 3.63) is 94.3 Å². The summed E-state index contributed by atoms with van der Waals surface area (Å²) in [6, 6.07) is 20.5. The van der Waals surface area contributed by atoms with Crippen LogP contribution in [0.2, 0.25) is 0 Å². The van der Waals surface area contributed by atoms with E-state index in [1.807, 2.05) is 12.1 Å². The van der Waals surface area contributed by atoms with Crippen LogP contribution in [0.3, 0.4) is 0 Å². The second kappa shape index (κ2) is 17.7. The number of aromatic hydroxyl groups is 1. The molecule has 1 amide bonds. The van der Waals surface area contributed by atoms with Crippen LogP contribution >= 0.6 is 0 Å². The van der Waals surface area contributed by atoms with Gasteiger partial charge in [-0.3, -0.25) is 19.4 Å². The smallest absolute Gasteiger partial charge is 0.248 e. The number of carbonyl (C=O) groups is 1. The number of rotatable bonds is 15. The van der Waals surface area contributed by atoms with Gasteiger partial charge in [0.1, 0.15) is 11.5 Å². The number of benzene rings is 3. The molecule has 0 radical (unpaired) electrons. The number of aromatic amines is 1. The Bertz CT molecular complexity index is 2010. The van der Waals surface area contributed by atoms with Gasteiger partial charge in [-0.15, -0.1) is 0 Å². The molecule has 5 N–H and O–H groups in total. The molecule has 1 aliphatic heterocycles. The van der Waals surface area contributed by atoms with Crippen molar-refractivity contribution in [1.82, 2.24) is 25.4 Å². The van der Waals surface area contributed by atoms with Gasteiger partial charge in [0.05, 0.1) is 34.6 Å². The molecule has 13 heteroatoms. The van der Waals surface area contributed by atoms with Gasteiger partial charge >= 0.3 is 0 Å². The van der Waals surface area contributed by atoms with Gasteiger partial charge in [-0.1, -0.05) is 43.5 Å². The molecule has 3 aromatic carbocycles. The summed E-state index contributed by atoms with van der Waals surface area (Å²) in [6.07, 6.45) is 6.23. The van der Waals surface area contributed by atoms with E-state index >= 15 is 0 Å². The van der Waals surface area contributed by atoms with Crippen LogP contribution in [0.4, 0.5) is 0 Å². The number of aromatic nitrogens is 1. The zero-order valence-electron chi connectivity index (χ0n) is 30.3. The average molecular weight is 746 g/mol. The summed E-state index contributed by atoms with van der Waals surface area (Å²) < 4.78 is 32.9. The van der Waals surface area contributed by atoms with Gasteiger partial charge in [0, 0.05) is 62.8 Å². The number of pyridine rings is 1. The summed E-state index contributed by atoms with van der Waals surface area (Å²) in [7, 11) is -3.75. The van der Waals surface area contributed by atoms with Crippen molar-refractivity contribution in [2.45, 2.75) is 73.4 Å². The number of aliphatic hydroxyl groups excluding tert-OH is 1. The summed E-state index contributed by atoms with van der Waals surface area (Å²) in [5.74, 6) is 0.0708. The molecule has 6 rings (SSSR count). The highest BCUT2D eigenvalue weighted by molar-refractivity contribution is 7.91. The first-order chi connectivity index (χ1) is 25.6. The topological polar surface area (TPSA) is 164 Å². The van der Waals surface area contributed by atoms with Crippen molar-refractivity contribution in [3.63, 3.8) is 0 Å². The fourth-order valence-corrected chi connectivity index (χ4v) is 8.77. The third kappa shape index (κ3) is 9.64. The standard InChI is InChI=1S/C40H51N5O7S/c1-28(44-20-22-45(23-21-44)30-7-3-2-4-8-30)29-11-13-32(14-12-29)53(50,51)33-10-5-9-31(25-33)52-24-6-19-42-39(49)27-41-26-37(47)34-15-17-36(46)40-35(34)16-18-38(48)43-40/h5,9-18,25,28,30,37,41,46-47H,2-4,6-8,19-24,26-27H2,1H3,(H,42,49)(H,43,48)/t28-,37-/m0/s1. The Balaban J connectivity index is 0.916. The van der Waals surface area contributed by atoms with Crippen LogP contribution in [0.15, 0.2) is 87.4 Å². The number of phenols is 1. The van der Waals surface area contributed by atoms with Gasteiger partial charge in [0.2, 0.25) is 21.3 Å². The SMILES string of the molecule is C[C@@H](c1ccc(S(=O)(=O)c2cccc(OCCCNC(=O)CNC[C@H](O)c3ccc(O)c4[nH]c(=O)ccc34)c2)cc1)N1CCN(C2CCCCC2)CC1. The number of amides is 1. The number of piperazine rings is 1. The maximum atomic E-state index is 13.5. The molecule has 53 heavy (non-hydrogen) atoms. The van der Waals surface area contributed by atoms with Gasteiger partial charge in [-0.2, -0.15) is 0 Å². The van der Waals surface area contributed by atoms with E-state index in [2.05, 4.69) is 32.3 Å². The number of phenolic OH excluding ortho intramolecular Hbond substituents is 1. The first-order valence-corrected chi connectivity index (χ1v) is 20.1. The van der Waals surface area contributed by atoms with Crippen LogP contribution in [0.25, 0.3) is 10.9 Å². The monoisotopic (exact) mass is 745 g/mol. The van der Waals surface area contributed by atoms with Crippen LogP contribution in [0.5, 0.6) is 11.5 Å². The van der Waals surface area contributed by atoms with E-state index < -0.39 is 15.9 Å². The van der Waals surface area contributed by atoms with Crippen LogP contribution in [-0.2, 0) is 14.6 Å². The molecule has 0 unspecified atom stereocenters. The third-order valence-corrected chi connectivity index (χ3v) is 12.3. The predicted octanol–water partition coefficient (Wildman–Crippen LogP) is 4.29. The Morgan fingerprint density at radius 1 is 0.962 bits per heavy atom. The first kappa shape index (κ1) is 38.5.